The second-order valence-electron chi connectivity index (χ2n) is 7.01. The molecule has 1 atom stereocenters. The number of likely N-dealkylation sites (tertiary alicyclic amines) is 1. The third-order valence-corrected chi connectivity index (χ3v) is 4.94. The molecule has 29 heavy (non-hydrogen) atoms. The van der Waals surface area contributed by atoms with Crippen LogP contribution in [0.4, 0.5) is 4.39 Å². The predicted octanol–water partition coefficient (Wildman–Crippen LogP) is 3.17. The molecule has 0 aromatic heterocycles. The van der Waals surface area contributed by atoms with E-state index in [1.165, 1.54) is 41.3 Å². The second kappa shape index (κ2) is 8.23. The van der Waals surface area contributed by atoms with Gasteiger partial charge in [-0.15, -0.1) is 0 Å². The highest BCUT2D eigenvalue weighted by Crippen LogP contribution is 2.41. The number of amides is 1. The Hall–Kier alpha value is -2.90. The largest absolute Gasteiger partial charge is 0.507 e. The van der Waals surface area contributed by atoms with Crippen molar-refractivity contribution in [2.75, 3.05) is 27.2 Å². The van der Waals surface area contributed by atoms with Gasteiger partial charge in [-0.25, -0.2) is 4.39 Å². The van der Waals surface area contributed by atoms with Crippen LogP contribution < -0.4 is 0 Å². The molecule has 2 aromatic carbocycles. The molecule has 0 spiro atoms. The summed E-state index contributed by atoms with van der Waals surface area (Å²) < 4.78 is 13.9. The van der Waals surface area contributed by atoms with Crippen molar-refractivity contribution in [3.05, 3.63) is 70.0 Å². The van der Waals surface area contributed by atoms with Crippen LogP contribution in [-0.4, -0.2) is 58.9 Å². The molecule has 0 aliphatic carbocycles. The average Bonchev–Trinajstić information content (AvgIpc) is 2.92. The van der Waals surface area contributed by atoms with Gasteiger partial charge >= 0.3 is 0 Å². The number of rotatable bonds is 5. The van der Waals surface area contributed by atoms with Crippen molar-refractivity contribution in [1.82, 2.24) is 9.80 Å². The fraction of sp³-hybridized carbons (Fsp3) is 0.238. The topological polar surface area (TPSA) is 81.1 Å². The third-order valence-electron chi connectivity index (χ3n) is 4.71. The van der Waals surface area contributed by atoms with E-state index in [2.05, 4.69) is 0 Å². The number of carbonyl (C=O) groups is 2. The zero-order valence-electron chi connectivity index (χ0n) is 15.9. The van der Waals surface area contributed by atoms with Gasteiger partial charge in [-0.3, -0.25) is 9.59 Å². The molecule has 2 N–H and O–H groups in total. The summed E-state index contributed by atoms with van der Waals surface area (Å²) in [4.78, 5) is 28.7. The van der Waals surface area contributed by atoms with E-state index in [0.717, 1.165) is 0 Å². The van der Waals surface area contributed by atoms with Crippen LogP contribution in [0.15, 0.2) is 48.0 Å². The fourth-order valence-electron chi connectivity index (χ4n) is 3.28. The van der Waals surface area contributed by atoms with Crippen molar-refractivity contribution >= 4 is 29.1 Å². The molecule has 8 heteroatoms. The second-order valence-corrected chi connectivity index (χ2v) is 7.45. The minimum absolute atomic E-state index is 0.0792. The van der Waals surface area contributed by atoms with E-state index in [0.29, 0.717) is 12.1 Å². The molecular formula is C21H20ClFN2O4. The maximum atomic E-state index is 13.9. The zero-order chi connectivity index (χ0) is 21.3. The predicted molar refractivity (Wildman–Crippen MR) is 107 cm³/mol. The quantitative estimate of drug-likeness (QED) is 0.443. The number of aliphatic hydroxyl groups excluding tert-OH is 1. The van der Waals surface area contributed by atoms with Crippen LogP contribution in [0, 0.1) is 5.82 Å². The molecule has 0 radical (unpaired) electrons. The Morgan fingerprint density at radius 3 is 2.59 bits per heavy atom. The summed E-state index contributed by atoms with van der Waals surface area (Å²) in [5.74, 6) is -3.11. The van der Waals surface area contributed by atoms with Gasteiger partial charge in [-0.1, -0.05) is 23.7 Å². The molecule has 0 saturated carbocycles. The van der Waals surface area contributed by atoms with Crippen molar-refractivity contribution in [1.29, 1.82) is 0 Å². The molecule has 6 nitrogen and oxygen atoms in total. The van der Waals surface area contributed by atoms with Crippen LogP contribution in [0.5, 0.6) is 5.75 Å². The van der Waals surface area contributed by atoms with Crippen LogP contribution in [-0.2, 0) is 9.59 Å². The van der Waals surface area contributed by atoms with Crippen molar-refractivity contribution in [3.8, 4) is 5.75 Å². The van der Waals surface area contributed by atoms with Gasteiger partial charge in [0.05, 0.1) is 17.2 Å². The number of phenolic OH excluding ortho intramolecular Hbond substituents is 1. The number of likely N-dealkylation sites (N-methyl/N-ethyl adjacent to an activating group) is 1. The van der Waals surface area contributed by atoms with E-state index in [9.17, 15) is 24.2 Å². The molecule has 1 saturated heterocycles. The Morgan fingerprint density at radius 2 is 1.93 bits per heavy atom. The summed E-state index contributed by atoms with van der Waals surface area (Å²) in [6.45, 7) is 0.651. The highest BCUT2D eigenvalue weighted by molar-refractivity contribution is 6.46. The van der Waals surface area contributed by atoms with Crippen molar-refractivity contribution < 1.29 is 24.2 Å². The number of halogens is 2. The molecule has 1 unspecified atom stereocenters. The Labute approximate surface area is 172 Å². The molecule has 1 amide bonds. The SMILES string of the molecule is CN(C)CCN1C(=O)C(=O)/C(=C(/O)c2cc(Cl)ccc2O)C1c1cccc(F)c1. The summed E-state index contributed by atoms with van der Waals surface area (Å²) in [6, 6.07) is 8.50. The van der Waals surface area contributed by atoms with E-state index in [-0.39, 0.29) is 28.5 Å². The molecule has 1 heterocycles. The lowest BCUT2D eigenvalue weighted by Crippen LogP contribution is -2.35. The number of hydrogen-bond acceptors (Lipinski definition) is 5. The van der Waals surface area contributed by atoms with Gasteiger partial charge in [-0.05, 0) is 50.0 Å². The number of hydrogen-bond donors (Lipinski definition) is 2. The number of aliphatic hydroxyl groups is 1. The van der Waals surface area contributed by atoms with Crippen LogP contribution in [0.1, 0.15) is 17.2 Å². The zero-order valence-corrected chi connectivity index (χ0v) is 16.7. The van der Waals surface area contributed by atoms with Crippen molar-refractivity contribution in [2.24, 2.45) is 0 Å². The van der Waals surface area contributed by atoms with Crippen molar-refractivity contribution in [3.63, 3.8) is 0 Å². The first kappa shape index (κ1) is 20.8. The number of aromatic hydroxyl groups is 1. The van der Waals surface area contributed by atoms with Gasteiger partial charge in [0.2, 0.25) is 0 Å². The monoisotopic (exact) mass is 418 g/mol. The van der Waals surface area contributed by atoms with Crippen LogP contribution in [0.3, 0.4) is 0 Å². The minimum Gasteiger partial charge on any atom is -0.507 e. The third kappa shape index (κ3) is 4.11. The van der Waals surface area contributed by atoms with Crippen LogP contribution in [0.2, 0.25) is 5.02 Å². The molecule has 2 aromatic rings. The van der Waals surface area contributed by atoms with E-state index in [4.69, 9.17) is 11.6 Å². The number of ketones is 1. The smallest absolute Gasteiger partial charge is 0.295 e. The lowest BCUT2D eigenvalue weighted by molar-refractivity contribution is -0.140. The number of carbonyl (C=O) groups excluding carboxylic acids is 2. The summed E-state index contributed by atoms with van der Waals surface area (Å²) in [6.07, 6.45) is 0. The van der Waals surface area contributed by atoms with Gasteiger partial charge in [0, 0.05) is 18.1 Å². The number of phenols is 1. The fourth-order valence-corrected chi connectivity index (χ4v) is 3.46. The lowest BCUT2D eigenvalue weighted by atomic mass is 9.95. The highest BCUT2D eigenvalue weighted by Gasteiger charge is 2.46. The summed E-state index contributed by atoms with van der Waals surface area (Å²) in [7, 11) is 3.63. The number of nitrogens with zero attached hydrogens (tertiary/aromatic N) is 2. The Kier molecular flexibility index (Phi) is 5.91. The van der Waals surface area contributed by atoms with E-state index in [1.807, 2.05) is 19.0 Å². The first-order valence-electron chi connectivity index (χ1n) is 8.88. The molecular weight excluding hydrogens is 399 g/mol. The normalized spacial score (nSPS) is 18.7. The minimum atomic E-state index is -0.996. The Balaban J connectivity index is 2.20. The summed E-state index contributed by atoms with van der Waals surface area (Å²) in [5, 5.41) is 21.2. The molecule has 1 aliphatic heterocycles. The van der Waals surface area contributed by atoms with Crippen LogP contribution in [0.25, 0.3) is 5.76 Å². The molecule has 1 fully saturated rings. The lowest BCUT2D eigenvalue weighted by Gasteiger charge is -2.26. The van der Waals surface area contributed by atoms with Gasteiger partial charge in [0.15, 0.2) is 0 Å². The standard InChI is InChI=1S/C21H20ClFN2O4/c1-24(2)8-9-25-18(12-4-3-5-14(23)10-12)17(20(28)21(25)29)19(27)15-11-13(22)6-7-16(15)26/h3-7,10-11,18,26-27H,8-9H2,1-2H3/b19-17+. The van der Waals surface area contributed by atoms with Gasteiger partial charge < -0.3 is 20.0 Å². The van der Waals surface area contributed by atoms with Gasteiger partial charge in [0.1, 0.15) is 17.3 Å². The van der Waals surface area contributed by atoms with E-state index >= 15 is 0 Å². The van der Waals surface area contributed by atoms with Gasteiger partial charge in [0.25, 0.3) is 11.7 Å². The van der Waals surface area contributed by atoms with E-state index < -0.39 is 29.3 Å². The Morgan fingerprint density at radius 1 is 1.21 bits per heavy atom. The first-order chi connectivity index (χ1) is 13.7. The van der Waals surface area contributed by atoms with E-state index in [1.54, 1.807) is 6.07 Å². The molecule has 1 aliphatic rings. The summed E-state index contributed by atoms with van der Waals surface area (Å²) >= 11 is 5.96. The summed E-state index contributed by atoms with van der Waals surface area (Å²) in [5.41, 5.74) is 0.0347. The van der Waals surface area contributed by atoms with Crippen LogP contribution >= 0.6 is 11.6 Å². The first-order valence-corrected chi connectivity index (χ1v) is 9.26. The number of benzene rings is 2. The molecule has 0 bridgehead atoms. The molecule has 152 valence electrons. The maximum Gasteiger partial charge on any atom is 0.295 e. The van der Waals surface area contributed by atoms with Crippen molar-refractivity contribution in [2.45, 2.75) is 6.04 Å². The molecule has 3 rings (SSSR count). The average molecular weight is 419 g/mol. The number of Topliss-reactive ketones (excluding diaryl/α,β-unsaturated/α-hetero) is 1. The Bertz CT molecular complexity index is 1010. The van der Waals surface area contributed by atoms with Gasteiger partial charge in [-0.2, -0.15) is 0 Å². The highest BCUT2D eigenvalue weighted by atomic mass is 35.5. The maximum absolute atomic E-state index is 13.9.